The zero-order valence-corrected chi connectivity index (χ0v) is 13.3. The lowest BCUT2D eigenvalue weighted by Gasteiger charge is -2.04. The van der Waals surface area contributed by atoms with Crippen LogP contribution in [0, 0.1) is 13.8 Å². The highest BCUT2D eigenvalue weighted by Gasteiger charge is 2.03. The molecule has 0 atom stereocenters. The van der Waals surface area contributed by atoms with Gasteiger partial charge in [-0.15, -0.1) is 0 Å². The lowest BCUT2D eigenvalue weighted by Crippen LogP contribution is -1.98. The van der Waals surface area contributed by atoms with E-state index in [9.17, 15) is 4.79 Å². The highest BCUT2D eigenvalue weighted by Crippen LogP contribution is 2.25. The van der Waals surface area contributed by atoms with Gasteiger partial charge in [-0.05, 0) is 49.2 Å². The van der Waals surface area contributed by atoms with Crippen LogP contribution < -0.4 is 5.32 Å². The van der Waals surface area contributed by atoms with E-state index in [2.05, 4.69) is 5.32 Å². The molecular formula is C17H15Cl2NO. The molecule has 0 spiro atoms. The number of rotatable bonds is 4. The molecule has 2 nitrogen and oxygen atoms in total. The van der Waals surface area contributed by atoms with Crippen LogP contribution in [0.1, 0.15) is 21.5 Å². The molecule has 1 N–H and O–H groups in total. The van der Waals surface area contributed by atoms with Crippen molar-refractivity contribution in [3.05, 3.63) is 75.4 Å². The van der Waals surface area contributed by atoms with Crippen molar-refractivity contribution in [3.63, 3.8) is 0 Å². The summed E-state index contributed by atoms with van der Waals surface area (Å²) >= 11 is 11.9. The van der Waals surface area contributed by atoms with Gasteiger partial charge in [0.05, 0.1) is 10.7 Å². The summed E-state index contributed by atoms with van der Waals surface area (Å²) in [5, 5.41) is 4.05. The van der Waals surface area contributed by atoms with Crippen molar-refractivity contribution in [2.45, 2.75) is 13.8 Å². The molecule has 108 valence electrons. The zero-order chi connectivity index (χ0) is 15.4. The minimum absolute atomic E-state index is 0.0596. The van der Waals surface area contributed by atoms with E-state index in [1.54, 1.807) is 24.4 Å². The molecule has 2 aromatic rings. The highest BCUT2D eigenvalue weighted by molar-refractivity contribution is 6.36. The lowest BCUT2D eigenvalue weighted by atomic mass is 10.0. The van der Waals surface area contributed by atoms with Crippen molar-refractivity contribution in [2.75, 3.05) is 5.32 Å². The largest absolute Gasteiger partial charge is 0.360 e. The first-order chi connectivity index (χ1) is 9.97. The van der Waals surface area contributed by atoms with E-state index in [1.807, 2.05) is 32.0 Å². The monoisotopic (exact) mass is 319 g/mol. The Hall–Kier alpha value is -1.77. The van der Waals surface area contributed by atoms with Crippen LogP contribution in [-0.2, 0) is 0 Å². The van der Waals surface area contributed by atoms with E-state index in [1.165, 1.54) is 11.6 Å². The molecule has 0 aromatic heterocycles. The summed E-state index contributed by atoms with van der Waals surface area (Å²) < 4.78 is 0. The van der Waals surface area contributed by atoms with E-state index >= 15 is 0 Å². The molecule has 0 radical (unpaired) electrons. The molecule has 0 saturated carbocycles. The molecule has 0 heterocycles. The van der Waals surface area contributed by atoms with Crippen LogP contribution in [0.15, 0.2) is 48.7 Å². The lowest BCUT2D eigenvalue weighted by molar-refractivity contribution is 0.104. The number of carbonyl (C=O) groups excluding carboxylic acids is 1. The van der Waals surface area contributed by atoms with Gasteiger partial charge in [0.2, 0.25) is 0 Å². The first-order valence-corrected chi connectivity index (χ1v) is 7.22. The summed E-state index contributed by atoms with van der Waals surface area (Å²) in [6.45, 7) is 4.01. The quantitative estimate of drug-likeness (QED) is 0.602. The maximum absolute atomic E-state index is 12.1. The number of hydrogen-bond acceptors (Lipinski definition) is 2. The number of ketones is 1. The second kappa shape index (κ2) is 6.79. The standard InChI is InChI=1S/C17H15Cl2NO/c1-11-3-4-13(9-12(11)2)17(21)7-8-20-16-6-5-14(18)10-15(16)19/h3-10,20H,1-2H3. The van der Waals surface area contributed by atoms with Crippen molar-refractivity contribution in [1.29, 1.82) is 0 Å². The van der Waals surface area contributed by atoms with Gasteiger partial charge < -0.3 is 5.32 Å². The molecule has 21 heavy (non-hydrogen) atoms. The smallest absolute Gasteiger partial charge is 0.187 e. The van der Waals surface area contributed by atoms with Gasteiger partial charge in [-0.1, -0.05) is 35.3 Å². The third-order valence-electron chi connectivity index (χ3n) is 3.20. The number of carbonyl (C=O) groups is 1. The SMILES string of the molecule is Cc1ccc(C(=O)C=CNc2ccc(Cl)cc2Cl)cc1C. The summed E-state index contributed by atoms with van der Waals surface area (Å²) in [7, 11) is 0. The van der Waals surface area contributed by atoms with Crippen LogP contribution in [0.25, 0.3) is 0 Å². The molecular weight excluding hydrogens is 305 g/mol. The van der Waals surface area contributed by atoms with E-state index in [-0.39, 0.29) is 5.78 Å². The van der Waals surface area contributed by atoms with Crippen LogP contribution >= 0.6 is 23.2 Å². The van der Waals surface area contributed by atoms with Crippen LogP contribution in [0.5, 0.6) is 0 Å². The Bertz CT molecular complexity index is 708. The summed E-state index contributed by atoms with van der Waals surface area (Å²) in [6, 6.07) is 10.8. The second-order valence-electron chi connectivity index (χ2n) is 4.77. The van der Waals surface area contributed by atoms with Gasteiger partial charge in [-0.3, -0.25) is 4.79 Å². The molecule has 0 aliphatic carbocycles. The maximum Gasteiger partial charge on any atom is 0.187 e. The fourth-order valence-corrected chi connectivity index (χ4v) is 2.27. The minimum Gasteiger partial charge on any atom is -0.360 e. The Morgan fingerprint density at radius 1 is 1.05 bits per heavy atom. The second-order valence-corrected chi connectivity index (χ2v) is 5.61. The summed E-state index contributed by atoms with van der Waals surface area (Å²) in [5.74, 6) is -0.0596. The molecule has 0 bridgehead atoms. The molecule has 4 heteroatoms. The number of hydrogen-bond donors (Lipinski definition) is 1. The number of nitrogens with one attached hydrogen (secondary N) is 1. The Kier molecular flexibility index (Phi) is 5.05. The fraction of sp³-hybridized carbons (Fsp3) is 0.118. The molecule has 2 rings (SSSR count). The minimum atomic E-state index is -0.0596. The number of aryl methyl sites for hydroxylation is 2. The zero-order valence-electron chi connectivity index (χ0n) is 11.8. The number of halogens is 2. The van der Waals surface area contributed by atoms with Gasteiger partial charge in [-0.2, -0.15) is 0 Å². The van der Waals surface area contributed by atoms with Crippen molar-refractivity contribution < 1.29 is 4.79 Å². The van der Waals surface area contributed by atoms with Crippen LogP contribution in [0.2, 0.25) is 10.0 Å². The van der Waals surface area contributed by atoms with E-state index in [4.69, 9.17) is 23.2 Å². The number of benzene rings is 2. The van der Waals surface area contributed by atoms with Crippen molar-refractivity contribution in [3.8, 4) is 0 Å². The average Bonchev–Trinajstić information content (AvgIpc) is 2.44. The van der Waals surface area contributed by atoms with Gasteiger partial charge in [-0.25, -0.2) is 0 Å². The topological polar surface area (TPSA) is 29.1 Å². The van der Waals surface area contributed by atoms with Crippen molar-refractivity contribution >= 4 is 34.7 Å². The van der Waals surface area contributed by atoms with Gasteiger partial charge in [0, 0.05) is 22.9 Å². The summed E-state index contributed by atoms with van der Waals surface area (Å²) in [4.78, 5) is 12.1. The van der Waals surface area contributed by atoms with Crippen LogP contribution in [0.4, 0.5) is 5.69 Å². The van der Waals surface area contributed by atoms with Crippen LogP contribution in [-0.4, -0.2) is 5.78 Å². The first kappa shape index (κ1) is 15.6. The van der Waals surface area contributed by atoms with Gasteiger partial charge in [0.1, 0.15) is 0 Å². The Morgan fingerprint density at radius 2 is 1.81 bits per heavy atom. The van der Waals surface area contributed by atoms with Crippen molar-refractivity contribution in [1.82, 2.24) is 0 Å². The third kappa shape index (κ3) is 4.10. The molecule has 0 fully saturated rings. The van der Waals surface area contributed by atoms with E-state index < -0.39 is 0 Å². The first-order valence-electron chi connectivity index (χ1n) is 6.47. The Morgan fingerprint density at radius 3 is 2.48 bits per heavy atom. The van der Waals surface area contributed by atoms with Crippen LogP contribution in [0.3, 0.4) is 0 Å². The van der Waals surface area contributed by atoms with E-state index in [0.717, 1.165) is 5.56 Å². The summed E-state index contributed by atoms with van der Waals surface area (Å²) in [5.41, 5.74) is 3.63. The van der Waals surface area contributed by atoms with Crippen molar-refractivity contribution in [2.24, 2.45) is 0 Å². The predicted molar refractivity (Wildman–Crippen MR) is 89.5 cm³/mol. The maximum atomic E-state index is 12.1. The predicted octanol–water partition coefficient (Wildman–Crippen LogP) is 5.42. The molecule has 0 aliphatic rings. The molecule has 0 unspecified atom stereocenters. The average molecular weight is 320 g/mol. The van der Waals surface area contributed by atoms with Gasteiger partial charge >= 0.3 is 0 Å². The molecule has 0 saturated heterocycles. The summed E-state index contributed by atoms with van der Waals surface area (Å²) in [6.07, 6.45) is 3.06. The fourth-order valence-electron chi connectivity index (χ4n) is 1.80. The van der Waals surface area contributed by atoms with Gasteiger partial charge in [0.15, 0.2) is 5.78 Å². The normalized spacial score (nSPS) is 10.9. The number of anilines is 1. The number of allylic oxidation sites excluding steroid dienone is 1. The molecule has 0 amide bonds. The third-order valence-corrected chi connectivity index (χ3v) is 3.74. The highest BCUT2D eigenvalue weighted by atomic mass is 35.5. The van der Waals surface area contributed by atoms with E-state index in [0.29, 0.717) is 21.3 Å². The Labute approximate surface area is 134 Å². The molecule has 2 aromatic carbocycles. The van der Waals surface area contributed by atoms with Gasteiger partial charge in [0.25, 0.3) is 0 Å². The Balaban J connectivity index is 2.06. The molecule has 0 aliphatic heterocycles.